The Morgan fingerprint density at radius 2 is 2.33 bits per heavy atom. The largest absolute Gasteiger partial charge is 0.392 e. The molecule has 70 valence electrons. The molecular weight excluding hydrogens is 156 g/mol. The average Bonchev–Trinajstić information content (AvgIpc) is 2.70. The summed E-state index contributed by atoms with van der Waals surface area (Å²) in [6.45, 7) is 2.46. The standard InChI is InChI=1S/C8H16N2O2/c1-6(11)4-9-5-8(12)10-7-2-3-7/h6-7,9,11H,2-5H2,1H3,(H,10,12)/t6-/m1/s1. The van der Waals surface area contributed by atoms with E-state index in [2.05, 4.69) is 10.6 Å². The van der Waals surface area contributed by atoms with E-state index in [1.165, 1.54) is 0 Å². The molecule has 0 bridgehead atoms. The van der Waals surface area contributed by atoms with Gasteiger partial charge in [0.25, 0.3) is 0 Å². The lowest BCUT2D eigenvalue weighted by Gasteiger charge is -2.06. The SMILES string of the molecule is C[C@@H](O)CNCC(=O)NC1CC1. The molecule has 1 saturated carbocycles. The third kappa shape index (κ3) is 4.31. The minimum Gasteiger partial charge on any atom is -0.392 e. The summed E-state index contributed by atoms with van der Waals surface area (Å²) in [7, 11) is 0. The maximum atomic E-state index is 11.0. The van der Waals surface area contributed by atoms with Crippen LogP contribution in [-0.2, 0) is 4.79 Å². The molecule has 0 saturated heterocycles. The van der Waals surface area contributed by atoms with Crippen LogP contribution >= 0.6 is 0 Å². The molecule has 4 heteroatoms. The van der Waals surface area contributed by atoms with Crippen molar-refractivity contribution < 1.29 is 9.90 Å². The molecule has 0 unspecified atom stereocenters. The molecule has 1 aliphatic rings. The van der Waals surface area contributed by atoms with Crippen molar-refractivity contribution in [3.05, 3.63) is 0 Å². The van der Waals surface area contributed by atoms with E-state index in [4.69, 9.17) is 5.11 Å². The Labute approximate surface area is 72.3 Å². The smallest absolute Gasteiger partial charge is 0.234 e. The van der Waals surface area contributed by atoms with Gasteiger partial charge in [0.2, 0.25) is 5.91 Å². The molecule has 1 rings (SSSR count). The van der Waals surface area contributed by atoms with Crippen LogP contribution in [-0.4, -0.2) is 36.2 Å². The van der Waals surface area contributed by atoms with E-state index in [9.17, 15) is 4.79 Å². The Kier molecular flexibility index (Phi) is 3.49. The number of hydrogen-bond donors (Lipinski definition) is 3. The lowest BCUT2D eigenvalue weighted by Crippen LogP contribution is -2.37. The molecule has 4 nitrogen and oxygen atoms in total. The Hall–Kier alpha value is -0.610. The van der Waals surface area contributed by atoms with Gasteiger partial charge >= 0.3 is 0 Å². The first-order valence-electron chi connectivity index (χ1n) is 4.36. The number of carbonyl (C=O) groups is 1. The Balaban J connectivity index is 1.94. The van der Waals surface area contributed by atoms with E-state index in [0.29, 0.717) is 19.1 Å². The van der Waals surface area contributed by atoms with Crippen LogP contribution in [0.15, 0.2) is 0 Å². The first-order chi connectivity index (χ1) is 5.68. The van der Waals surface area contributed by atoms with Gasteiger partial charge in [-0.3, -0.25) is 4.79 Å². The number of amides is 1. The Morgan fingerprint density at radius 1 is 1.67 bits per heavy atom. The van der Waals surface area contributed by atoms with Gasteiger partial charge in [-0.05, 0) is 19.8 Å². The van der Waals surface area contributed by atoms with E-state index in [0.717, 1.165) is 12.8 Å². The topological polar surface area (TPSA) is 61.4 Å². The summed E-state index contributed by atoms with van der Waals surface area (Å²) in [5.74, 6) is 0.0261. The van der Waals surface area contributed by atoms with E-state index in [1.807, 2.05) is 0 Å². The summed E-state index contributed by atoms with van der Waals surface area (Å²) in [6.07, 6.45) is 1.84. The zero-order valence-corrected chi connectivity index (χ0v) is 7.34. The molecule has 0 aromatic heterocycles. The average molecular weight is 172 g/mol. The molecule has 0 aromatic carbocycles. The number of carbonyl (C=O) groups excluding carboxylic acids is 1. The predicted octanol–water partition coefficient (Wildman–Crippen LogP) is -0.765. The molecular formula is C8H16N2O2. The summed E-state index contributed by atoms with van der Waals surface area (Å²) in [5, 5.41) is 14.6. The molecule has 1 amide bonds. The molecule has 0 spiro atoms. The van der Waals surface area contributed by atoms with Crippen LogP contribution in [0.1, 0.15) is 19.8 Å². The van der Waals surface area contributed by atoms with Gasteiger partial charge < -0.3 is 15.7 Å². The van der Waals surface area contributed by atoms with Gasteiger partial charge in [0.05, 0.1) is 12.6 Å². The van der Waals surface area contributed by atoms with Crippen LogP contribution in [0.4, 0.5) is 0 Å². The van der Waals surface area contributed by atoms with Crippen molar-refractivity contribution >= 4 is 5.91 Å². The normalized spacial score (nSPS) is 18.8. The summed E-state index contributed by atoms with van der Waals surface area (Å²) < 4.78 is 0. The highest BCUT2D eigenvalue weighted by Crippen LogP contribution is 2.17. The summed E-state index contributed by atoms with van der Waals surface area (Å²) in [4.78, 5) is 11.0. The van der Waals surface area contributed by atoms with E-state index < -0.39 is 6.10 Å². The highest BCUT2D eigenvalue weighted by atomic mass is 16.3. The molecule has 1 aliphatic carbocycles. The molecule has 1 fully saturated rings. The predicted molar refractivity (Wildman–Crippen MR) is 45.7 cm³/mol. The van der Waals surface area contributed by atoms with Crippen molar-refractivity contribution in [1.29, 1.82) is 0 Å². The zero-order valence-electron chi connectivity index (χ0n) is 7.34. The van der Waals surface area contributed by atoms with Gasteiger partial charge in [0.1, 0.15) is 0 Å². The summed E-state index contributed by atoms with van der Waals surface area (Å²) in [6, 6.07) is 0.422. The van der Waals surface area contributed by atoms with Gasteiger partial charge in [0.15, 0.2) is 0 Å². The van der Waals surface area contributed by atoms with Crippen LogP contribution in [0.5, 0.6) is 0 Å². The Bertz CT molecular complexity index is 155. The second-order valence-electron chi connectivity index (χ2n) is 3.32. The molecule has 3 N–H and O–H groups in total. The Morgan fingerprint density at radius 3 is 2.83 bits per heavy atom. The van der Waals surface area contributed by atoms with E-state index in [1.54, 1.807) is 6.92 Å². The quantitative estimate of drug-likeness (QED) is 0.510. The molecule has 0 radical (unpaired) electrons. The highest BCUT2D eigenvalue weighted by molar-refractivity contribution is 5.78. The summed E-state index contributed by atoms with van der Waals surface area (Å²) in [5.41, 5.74) is 0. The number of aliphatic hydroxyl groups is 1. The van der Waals surface area contributed by atoms with Crippen LogP contribution in [0.2, 0.25) is 0 Å². The zero-order chi connectivity index (χ0) is 8.97. The monoisotopic (exact) mass is 172 g/mol. The van der Waals surface area contributed by atoms with Crippen LogP contribution in [0.25, 0.3) is 0 Å². The van der Waals surface area contributed by atoms with E-state index in [-0.39, 0.29) is 5.91 Å². The minimum absolute atomic E-state index is 0.0261. The lowest BCUT2D eigenvalue weighted by atomic mass is 10.4. The first kappa shape index (κ1) is 9.48. The van der Waals surface area contributed by atoms with Crippen LogP contribution in [0.3, 0.4) is 0 Å². The molecule has 12 heavy (non-hydrogen) atoms. The van der Waals surface area contributed by atoms with Gasteiger partial charge in [-0.25, -0.2) is 0 Å². The lowest BCUT2D eigenvalue weighted by molar-refractivity contribution is -0.120. The van der Waals surface area contributed by atoms with Crippen molar-refractivity contribution in [3.63, 3.8) is 0 Å². The van der Waals surface area contributed by atoms with Gasteiger partial charge in [-0.2, -0.15) is 0 Å². The van der Waals surface area contributed by atoms with Crippen LogP contribution in [0, 0.1) is 0 Å². The fourth-order valence-corrected chi connectivity index (χ4v) is 0.901. The molecule has 0 aromatic rings. The number of hydrogen-bond acceptors (Lipinski definition) is 3. The van der Waals surface area contributed by atoms with Crippen molar-refractivity contribution in [2.45, 2.75) is 31.9 Å². The van der Waals surface area contributed by atoms with Gasteiger partial charge in [-0.1, -0.05) is 0 Å². The second kappa shape index (κ2) is 4.42. The number of rotatable bonds is 5. The maximum Gasteiger partial charge on any atom is 0.234 e. The van der Waals surface area contributed by atoms with Crippen molar-refractivity contribution in [1.82, 2.24) is 10.6 Å². The number of aliphatic hydroxyl groups excluding tert-OH is 1. The third-order valence-electron chi connectivity index (χ3n) is 1.67. The fourth-order valence-electron chi connectivity index (χ4n) is 0.901. The van der Waals surface area contributed by atoms with Crippen molar-refractivity contribution in [3.8, 4) is 0 Å². The highest BCUT2D eigenvalue weighted by Gasteiger charge is 2.22. The second-order valence-corrected chi connectivity index (χ2v) is 3.32. The first-order valence-corrected chi connectivity index (χ1v) is 4.36. The van der Waals surface area contributed by atoms with Gasteiger partial charge in [0, 0.05) is 12.6 Å². The molecule has 0 aliphatic heterocycles. The van der Waals surface area contributed by atoms with Crippen molar-refractivity contribution in [2.24, 2.45) is 0 Å². The van der Waals surface area contributed by atoms with Crippen molar-refractivity contribution in [2.75, 3.05) is 13.1 Å². The minimum atomic E-state index is -0.390. The molecule has 1 atom stereocenters. The fraction of sp³-hybridized carbons (Fsp3) is 0.875. The maximum absolute atomic E-state index is 11.0. The third-order valence-corrected chi connectivity index (χ3v) is 1.67. The summed E-state index contributed by atoms with van der Waals surface area (Å²) >= 11 is 0. The van der Waals surface area contributed by atoms with Gasteiger partial charge in [-0.15, -0.1) is 0 Å². The van der Waals surface area contributed by atoms with Crippen LogP contribution < -0.4 is 10.6 Å². The van der Waals surface area contributed by atoms with E-state index >= 15 is 0 Å². The number of nitrogens with one attached hydrogen (secondary N) is 2. The molecule has 0 heterocycles.